The smallest absolute Gasteiger partial charge is 0.405 e. The minimum atomic E-state index is -0.996. The molecule has 2 heterocycles. The zero-order valence-electron chi connectivity index (χ0n) is 17.4. The number of ether oxygens (including phenoxy) is 1. The molecule has 5 rings (SSSR count). The van der Waals surface area contributed by atoms with Crippen LogP contribution >= 0.6 is 15.9 Å². The predicted molar refractivity (Wildman–Crippen MR) is 125 cm³/mol. The van der Waals surface area contributed by atoms with Crippen LogP contribution in [-0.2, 0) is 5.54 Å². The number of imidazole rings is 1. The number of hydrogen-bond donors (Lipinski definition) is 2. The number of nitrogens with one attached hydrogen (secondary N) is 1. The van der Waals surface area contributed by atoms with E-state index in [0.717, 1.165) is 47.3 Å². The molecule has 2 aromatic carbocycles. The Morgan fingerprint density at radius 3 is 2.44 bits per heavy atom. The molecule has 4 aromatic rings. The monoisotopic (exact) mass is 492 g/mol. The number of carboxylic acid groups (broad SMARTS) is 1. The SMILES string of the molecule is COc1cc(Br)nn2c(-c3ccccc3)c(-c3ccc(C4(NC(=O)O)CCC4)cc3)nc12. The lowest BCUT2D eigenvalue weighted by Gasteiger charge is -2.42. The average molecular weight is 493 g/mol. The summed E-state index contributed by atoms with van der Waals surface area (Å²) in [6.07, 6.45) is 1.62. The van der Waals surface area contributed by atoms with Gasteiger partial charge in [0, 0.05) is 17.2 Å². The van der Waals surface area contributed by atoms with Crippen LogP contribution in [0, 0.1) is 0 Å². The highest BCUT2D eigenvalue weighted by Crippen LogP contribution is 2.42. The Balaban J connectivity index is 1.66. The summed E-state index contributed by atoms with van der Waals surface area (Å²) in [5.41, 5.74) is 4.63. The maximum Gasteiger partial charge on any atom is 0.405 e. The summed E-state index contributed by atoms with van der Waals surface area (Å²) in [4.78, 5) is 16.2. The third kappa shape index (κ3) is 3.40. The van der Waals surface area contributed by atoms with Crippen molar-refractivity contribution in [3.63, 3.8) is 0 Å². The fourth-order valence-corrected chi connectivity index (χ4v) is 4.71. The van der Waals surface area contributed by atoms with Gasteiger partial charge in [-0.2, -0.15) is 5.10 Å². The van der Waals surface area contributed by atoms with Crippen molar-refractivity contribution in [3.05, 3.63) is 70.8 Å². The van der Waals surface area contributed by atoms with Gasteiger partial charge in [0.05, 0.1) is 18.3 Å². The molecule has 0 radical (unpaired) electrons. The second kappa shape index (κ2) is 7.94. The van der Waals surface area contributed by atoms with Gasteiger partial charge >= 0.3 is 6.09 Å². The average Bonchev–Trinajstić information content (AvgIpc) is 3.15. The number of methoxy groups -OCH3 is 1. The fraction of sp³-hybridized carbons (Fsp3) is 0.208. The molecule has 0 saturated heterocycles. The first-order valence-electron chi connectivity index (χ1n) is 10.3. The van der Waals surface area contributed by atoms with Crippen LogP contribution in [0.5, 0.6) is 5.75 Å². The van der Waals surface area contributed by atoms with Gasteiger partial charge in [-0.15, -0.1) is 0 Å². The van der Waals surface area contributed by atoms with Crippen molar-refractivity contribution < 1.29 is 14.6 Å². The van der Waals surface area contributed by atoms with Gasteiger partial charge in [-0.25, -0.2) is 14.3 Å². The minimum Gasteiger partial charge on any atom is -0.493 e. The highest BCUT2D eigenvalue weighted by Gasteiger charge is 2.40. The van der Waals surface area contributed by atoms with Crippen LogP contribution in [0.3, 0.4) is 0 Å². The standard InChI is InChI=1S/C24H21BrN4O3/c1-32-18-14-19(25)28-29-21(16-6-3-2-4-7-16)20(26-22(18)29)15-8-10-17(11-9-15)24(12-5-13-24)27-23(30)31/h2-4,6-11,14,27H,5,12-13H2,1H3,(H,30,31). The molecule has 162 valence electrons. The van der Waals surface area contributed by atoms with Crippen molar-refractivity contribution in [3.8, 4) is 28.3 Å². The molecule has 0 spiro atoms. The van der Waals surface area contributed by atoms with Gasteiger partial charge in [0.25, 0.3) is 0 Å². The highest BCUT2D eigenvalue weighted by atomic mass is 79.9. The topological polar surface area (TPSA) is 88.8 Å². The number of nitrogens with zero attached hydrogens (tertiary/aromatic N) is 3. The van der Waals surface area contributed by atoms with E-state index in [9.17, 15) is 9.90 Å². The Kier molecular flexibility index (Phi) is 5.09. The maximum atomic E-state index is 11.3. The van der Waals surface area contributed by atoms with Crippen LogP contribution in [0.2, 0.25) is 0 Å². The van der Waals surface area contributed by atoms with Crippen molar-refractivity contribution in [2.45, 2.75) is 24.8 Å². The van der Waals surface area contributed by atoms with E-state index in [0.29, 0.717) is 16.0 Å². The number of fused-ring (bicyclic) bond motifs is 1. The molecular formula is C24H21BrN4O3. The lowest BCUT2D eigenvalue weighted by atomic mass is 9.72. The van der Waals surface area contributed by atoms with E-state index in [1.54, 1.807) is 17.7 Å². The summed E-state index contributed by atoms with van der Waals surface area (Å²) in [6.45, 7) is 0. The molecular weight excluding hydrogens is 472 g/mol. The van der Waals surface area contributed by atoms with E-state index in [4.69, 9.17) is 9.72 Å². The van der Waals surface area contributed by atoms with Crippen LogP contribution in [0.1, 0.15) is 24.8 Å². The van der Waals surface area contributed by atoms with Crippen LogP contribution in [0.4, 0.5) is 4.79 Å². The van der Waals surface area contributed by atoms with E-state index in [-0.39, 0.29) is 0 Å². The Bertz CT molecular complexity index is 1300. The van der Waals surface area contributed by atoms with Crippen LogP contribution in [0.25, 0.3) is 28.2 Å². The lowest BCUT2D eigenvalue weighted by molar-refractivity contribution is 0.144. The molecule has 8 heteroatoms. The molecule has 0 unspecified atom stereocenters. The van der Waals surface area contributed by atoms with E-state index in [2.05, 4.69) is 26.3 Å². The van der Waals surface area contributed by atoms with E-state index in [1.807, 2.05) is 54.6 Å². The first-order chi connectivity index (χ1) is 15.5. The van der Waals surface area contributed by atoms with Crippen molar-refractivity contribution in [2.24, 2.45) is 0 Å². The van der Waals surface area contributed by atoms with Gasteiger partial charge in [-0.3, -0.25) is 0 Å². The van der Waals surface area contributed by atoms with Crippen LogP contribution < -0.4 is 10.1 Å². The largest absolute Gasteiger partial charge is 0.493 e. The summed E-state index contributed by atoms with van der Waals surface area (Å²) >= 11 is 3.47. The number of carbonyl (C=O) groups is 1. The van der Waals surface area contributed by atoms with Gasteiger partial charge in [0.1, 0.15) is 10.3 Å². The molecule has 1 amide bonds. The molecule has 2 N–H and O–H groups in total. The van der Waals surface area contributed by atoms with Crippen LogP contribution in [-0.4, -0.2) is 32.9 Å². The summed E-state index contributed by atoms with van der Waals surface area (Å²) in [5.74, 6) is 0.617. The molecule has 0 atom stereocenters. The molecule has 32 heavy (non-hydrogen) atoms. The maximum absolute atomic E-state index is 11.3. The van der Waals surface area contributed by atoms with Crippen LogP contribution in [0.15, 0.2) is 65.3 Å². The van der Waals surface area contributed by atoms with Crippen molar-refractivity contribution in [1.82, 2.24) is 19.9 Å². The summed E-state index contributed by atoms with van der Waals surface area (Å²) < 4.78 is 7.99. The first-order valence-corrected chi connectivity index (χ1v) is 11.1. The Hall–Kier alpha value is -3.39. The second-order valence-corrected chi connectivity index (χ2v) is 8.70. The van der Waals surface area contributed by atoms with Crippen molar-refractivity contribution >= 4 is 27.7 Å². The molecule has 0 aliphatic heterocycles. The van der Waals surface area contributed by atoms with Gasteiger partial charge in [-0.05, 0) is 40.8 Å². The zero-order valence-corrected chi connectivity index (χ0v) is 19.0. The normalized spacial score (nSPS) is 14.7. The van der Waals surface area contributed by atoms with Crippen molar-refractivity contribution in [2.75, 3.05) is 7.11 Å². The fourth-order valence-electron chi connectivity index (χ4n) is 4.34. The number of rotatable bonds is 5. The minimum absolute atomic E-state index is 0.499. The summed E-state index contributed by atoms with van der Waals surface area (Å²) in [6, 6.07) is 19.7. The van der Waals surface area contributed by atoms with Gasteiger partial charge in [0.2, 0.25) is 0 Å². The lowest BCUT2D eigenvalue weighted by Crippen LogP contribution is -2.50. The van der Waals surface area contributed by atoms with E-state index < -0.39 is 11.6 Å². The quantitative estimate of drug-likeness (QED) is 0.384. The highest BCUT2D eigenvalue weighted by molar-refractivity contribution is 9.10. The second-order valence-electron chi connectivity index (χ2n) is 7.89. The van der Waals surface area contributed by atoms with E-state index in [1.165, 1.54) is 0 Å². The number of benzene rings is 2. The molecule has 1 aliphatic rings. The first kappa shape index (κ1) is 20.5. The molecule has 7 nitrogen and oxygen atoms in total. The molecule has 0 bridgehead atoms. The number of hydrogen-bond acceptors (Lipinski definition) is 4. The summed E-state index contributed by atoms with van der Waals surface area (Å²) in [7, 11) is 1.61. The Morgan fingerprint density at radius 1 is 1.12 bits per heavy atom. The molecule has 1 fully saturated rings. The third-order valence-corrected chi connectivity index (χ3v) is 6.44. The van der Waals surface area contributed by atoms with E-state index >= 15 is 0 Å². The molecule has 1 saturated carbocycles. The number of halogens is 1. The Labute approximate surface area is 193 Å². The van der Waals surface area contributed by atoms with Crippen molar-refractivity contribution in [1.29, 1.82) is 0 Å². The molecule has 1 aliphatic carbocycles. The number of amides is 1. The summed E-state index contributed by atoms with van der Waals surface area (Å²) in [5, 5.41) is 16.6. The predicted octanol–water partition coefficient (Wildman–Crippen LogP) is 5.48. The molecule has 2 aromatic heterocycles. The number of aromatic nitrogens is 3. The zero-order chi connectivity index (χ0) is 22.3. The third-order valence-electron chi connectivity index (χ3n) is 6.05. The van der Waals surface area contributed by atoms with Gasteiger partial charge in [-0.1, -0.05) is 54.6 Å². The Morgan fingerprint density at radius 2 is 1.84 bits per heavy atom. The van der Waals surface area contributed by atoms with Gasteiger partial charge in [0.15, 0.2) is 11.4 Å². The van der Waals surface area contributed by atoms with Gasteiger partial charge < -0.3 is 15.2 Å².